The molecule has 23 heavy (non-hydrogen) atoms. The highest BCUT2D eigenvalue weighted by Gasteiger charge is 2.12. The topological polar surface area (TPSA) is 57.8 Å². The van der Waals surface area contributed by atoms with Gasteiger partial charge in [0.15, 0.2) is 0 Å². The minimum Gasteiger partial charge on any atom is -0.320 e. The van der Waals surface area contributed by atoms with Gasteiger partial charge in [-0.05, 0) is 36.2 Å². The maximum Gasteiger partial charge on any atom is 0.273 e. The minimum absolute atomic E-state index is 0.193. The molecular weight excluding hydrogens is 354 g/mol. The number of hydrogen-bond acceptors (Lipinski definition) is 2. The van der Waals surface area contributed by atoms with Crippen LogP contribution in [0.2, 0.25) is 0 Å². The number of carbonyl (C=O) groups is 1. The van der Waals surface area contributed by atoms with E-state index in [9.17, 15) is 4.79 Å². The predicted octanol–water partition coefficient (Wildman–Crippen LogP) is 4.65. The molecule has 4 nitrogen and oxygen atoms in total. The van der Waals surface area contributed by atoms with Gasteiger partial charge in [-0.2, -0.15) is 5.10 Å². The number of amides is 1. The molecule has 0 radical (unpaired) electrons. The van der Waals surface area contributed by atoms with E-state index in [4.69, 9.17) is 0 Å². The molecule has 2 N–H and O–H groups in total. The third-order valence-corrected chi connectivity index (χ3v) is 4.14. The summed E-state index contributed by atoms with van der Waals surface area (Å²) in [7, 11) is 0. The molecule has 0 aliphatic carbocycles. The molecule has 0 fully saturated rings. The van der Waals surface area contributed by atoms with Gasteiger partial charge in [-0.1, -0.05) is 53.2 Å². The van der Waals surface area contributed by atoms with Gasteiger partial charge < -0.3 is 5.32 Å². The Bertz CT molecular complexity index is 824. The van der Waals surface area contributed by atoms with E-state index in [1.54, 1.807) is 6.07 Å². The third-order valence-electron chi connectivity index (χ3n) is 3.61. The first-order chi connectivity index (χ1) is 11.2. The third kappa shape index (κ3) is 3.51. The molecule has 1 amide bonds. The Kier molecular flexibility index (Phi) is 4.57. The molecule has 0 atom stereocenters. The Morgan fingerprint density at radius 1 is 1.17 bits per heavy atom. The lowest BCUT2D eigenvalue weighted by atomic mass is 10.1. The van der Waals surface area contributed by atoms with Crippen molar-refractivity contribution in [2.45, 2.75) is 13.3 Å². The van der Waals surface area contributed by atoms with E-state index in [2.05, 4.69) is 38.4 Å². The largest absolute Gasteiger partial charge is 0.320 e. The van der Waals surface area contributed by atoms with Crippen LogP contribution in [0.15, 0.2) is 59.1 Å². The van der Waals surface area contributed by atoms with Gasteiger partial charge in [-0.3, -0.25) is 9.89 Å². The summed E-state index contributed by atoms with van der Waals surface area (Å²) in [5.74, 6) is -0.193. The average Bonchev–Trinajstić information content (AvgIpc) is 3.06. The average molecular weight is 370 g/mol. The van der Waals surface area contributed by atoms with Gasteiger partial charge >= 0.3 is 0 Å². The quantitative estimate of drug-likeness (QED) is 0.702. The van der Waals surface area contributed by atoms with Crippen LogP contribution in [0.5, 0.6) is 0 Å². The van der Waals surface area contributed by atoms with Crippen LogP contribution < -0.4 is 5.32 Å². The van der Waals surface area contributed by atoms with Crippen molar-refractivity contribution in [1.82, 2.24) is 10.2 Å². The highest BCUT2D eigenvalue weighted by atomic mass is 79.9. The fraction of sp³-hybridized carbons (Fsp3) is 0.111. The number of rotatable bonds is 4. The number of H-pyrrole nitrogens is 1. The number of aryl methyl sites for hydroxylation is 1. The molecule has 0 saturated carbocycles. The molecule has 3 rings (SSSR count). The normalized spacial score (nSPS) is 10.5. The van der Waals surface area contributed by atoms with Gasteiger partial charge in [0.1, 0.15) is 5.69 Å². The smallest absolute Gasteiger partial charge is 0.273 e. The van der Waals surface area contributed by atoms with Crippen LogP contribution in [-0.4, -0.2) is 16.1 Å². The summed E-state index contributed by atoms with van der Waals surface area (Å²) < 4.78 is 1.01. The molecule has 5 heteroatoms. The van der Waals surface area contributed by atoms with E-state index >= 15 is 0 Å². The second-order valence-corrected chi connectivity index (χ2v) is 6.05. The van der Waals surface area contributed by atoms with Crippen LogP contribution in [-0.2, 0) is 6.42 Å². The zero-order valence-electron chi connectivity index (χ0n) is 12.6. The molecule has 0 spiro atoms. The number of halogens is 1. The number of nitrogens with one attached hydrogen (secondary N) is 2. The summed E-state index contributed by atoms with van der Waals surface area (Å²) in [6.07, 6.45) is 0.865. The lowest BCUT2D eigenvalue weighted by molar-refractivity contribution is 0.102. The lowest BCUT2D eigenvalue weighted by Crippen LogP contribution is -2.13. The zero-order valence-corrected chi connectivity index (χ0v) is 14.2. The Labute approximate surface area is 143 Å². The molecule has 3 aromatic rings. The first-order valence-corrected chi connectivity index (χ1v) is 8.17. The Hall–Kier alpha value is -2.40. The molecular formula is C18H16BrN3O. The SMILES string of the molecule is CCc1ccccc1NC(=O)c1cc(-c2ccc(Br)cc2)n[nH]1. The zero-order chi connectivity index (χ0) is 16.2. The summed E-state index contributed by atoms with van der Waals surface area (Å²) in [5, 5.41) is 9.96. The first kappa shape index (κ1) is 15.5. The summed E-state index contributed by atoms with van der Waals surface area (Å²) in [5.41, 5.74) is 4.07. The van der Waals surface area contributed by atoms with E-state index in [0.717, 1.165) is 33.4 Å². The molecule has 0 aliphatic rings. The number of hydrogen-bond donors (Lipinski definition) is 2. The van der Waals surface area contributed by atoms with Crippen molar-refractivity contribution in [3.8, 4) is 11.3 Å². The van der Waals surface area contributed by atoms with Gasteiger partial charge in [-0.15, -0.1) is 0 Å². The van der Waals surface area contributed by atoms with Crippen LogP contribution >= 0.6 is 15.9 Å². The van der Waals surface area contributed by atoms with E-state index in [1.807, 2.05) is 48.5 Å². The van der Waals surface area contributed by atoms with Crippen molar-refractivity contribution >= 4 is 27.5 Å². The van der Waals surface area contributed by atoms with Crippen molar-refractivity contribution < 1.29 is 4.79 Å². The molecule has 0 unspecified atom stereocenters. The van der Waals surface area contributed by atoms with Crippen LogP contribution in [0.3, 0.4) is 0 Å². The highest BCUT2D eigenvalue weighted by Crippen LogP contribution is 2.21. The van der Waals surface area contributed by atoms with Crippen LogP contribution in [0, 0.1) is 0 Å². The maximum atomic E-state index is 12.4. The van der Waals surface area contributed by atoms with Crippen molar-refractivity contribution in [2.24, 2.45) is 0 Å². The second kappa shape index (κ2) is 6.79. The van der Waals surface area contributed by atoms with Crippen LogP contribution in [0.4, 0.5) is 5.69 Å². The standard InChI is InChI=1S/C18H16BrN3O/c1-2-12-5-3-4-6-15(12)20-18(23)17-11-16(21-22-17)13-7-9-14(19)10-8-13/h3-11H,2H2,1H3,(H,20,23)(H,21,22). The van der Waals surface area contributed by atoms with Gasteiger partial charge in [0.25, 0.3) is 5.91 Å². The molecule has 0 saturated heterocycles. The monoisotopic (exact) mass is 369 g/mol. The van der Waals surface area contributed by atoms with Gasteiger partial charge in [0.2, 0.25) is 0 Å². The number of anilines is 1. The van der Waals surface area contributed by atoms with Crippen molar-refractivity contribution in [2.75, 3.05) is 5.32 Å². The fourth-order valence-electron chi connectivity index (χ4n) is 2.35. The highest BCUT2D eigenvalue weighted by molar-refractivity contribution is 9.10. The number of aromatic amines is 1. The summed E-state index contributed by atoms with van der Waals surface area (Å²) in [4.78, 5) is 12.4. The molecule has 0 aliphatic heterocycles. The van der Waals surface area contributed by atoms with Crippen LogP contribution in [0.1, 0.15) is 23.0 Å². The predicted molar refractivity (Wildman–Crippen MR) is 95.5 cm³/mol. The second-order valence-electron chi connectivity index (χ2n) is 5.14. The van der Waals surface area contributed by atoms with E-state index in [0.29, 0.717) is 5.69 Å². The summed E-state index contributed by atoms with van der Waals surface area (Å²) in [6.45, 7) is 2.06. The van der Waals surface area contributed by atoms with Crippen LogP contribution in [0.25, 0.3) is 11.3 Å². The Morgan fingerprint density at radius 2 is 1.91 bits per heavy atom. The summed E-state index contributed by atoms with van der Waals surface area (Å²) >= 11 is 3.40. The molecule has 116 valence electrons. The molecule has 2 aromatic carbocycles. The van der Waals surface area contributed by atoms with Gasteiger partial charge in [-0.25, -0.2) is 0 Å². The first-order valence-electron chi connectivity index (χ1n) is 7.38. The maximum absolute atomic E-state index is 12.4. The fourth-order valence-corrected chi connectivity index (χ4v) is 2.61. The van der Waals surface area contributed by atoms with Crippen molar-refractivity contribution in [1.29, 1.82) is 0 Å². The molecule has 0 bridgehead atoms. The van der Waals surface area contributed by atoms with E-state index in [-0.39, 0.29) is 5.91 Å². The summed E-state index contributed by atoms with van der Waals surface area (Å²) in [6, 6.07) is 17.3. The van der Waals surface area contributed by atoms with Crippen molar-refractivity contribution in [3.63, 3.8) is 0 Å². The minimum atomic E-state index is -0.193. The van der Waals surface area contributed by atoms with E-state index in [1.165, 1.54) is 0 Å². The molecule has 1 heterocycles. The van der Waals surface area contributed by atoms with Gasteiger partial charge in [0, 0.05) is 15.7 Å². The Morgan fingerprint density at radius 3 is 2.65 bits per heavy atom. The van der Waals surface area contributed by atoms with E-state index < -0.39 is 0 Å². The number of nitrogens with zero attached hydrogens (tertiary/aromatic N) is 1. The number of aromatic nitrogens is 2. The number of para-hydroxylation sites is 1. The number of benzene rings is 2. The van der Waals surface area contributed by atoms with Crippen molar-refractivity contribution in [3.05, 3.63) is 70.3 Å². The Balaban J connectivity index is 1.80. The lowest BCUT2D eigenvalue weighted by Gasteiger charge is -2.08. The van der Waals surface area contributed by atoms with Gasteiger partial charge in [0.05, 0.1) is 5.69 Å². The number of carbonyl (C=O) groups excluding carboxylic acids is 1. The molecule has 1 aromatic heterocycles.